The van der Waals surface area contributed by atoms with Gasteiger partial charge in [0.2, 0.25) is 0 Å². The third kappa shape index (κ3) is 5.35. The lowest BCUT2D eigenvalue weighted by Gasteiger charge is -2.11. The van der Waals surface area contributed by atoms with Crippen molar-refractivity contribution in [1.82, 2.24) is 20.4 Å². The Balaban J connectivity index is 0.00000225. The van der Waals surface area contributed by atoms with E-state index in [2.05, 4.69) is 26.8 Å². The quantitative estimate of drug-likeness (QED) is 0.343. The molecule has 0 saturated heterocycles. The van der Waals surface area contributed by atoms with Gasteiger partial charge in [0.15, 0.2) is 5.96 Å². The second-order valence-corrected chi connectivity index (χ2v) is 5.21. The van der Waals surface area contributed by atoms with Gasteiger partial charge in [0.1, 0.15) is 5.76 Å². The summed E-state index contributed by atoms with van der Waals surface area (Å²) in [6.07, 6.45) is 5.37. The topological polar surface area (TPSA) is 67.4 Å². The van der Waals surface area contributed by atoms with Crippen molar-refractivity contribution in [3.05, 3.63) is 72.4 Å². The number of guanidine groups is 1. The molecule has 0 bridgehead atoms. The Labute approximate surface area is 164 Å². The Bertz CT molecular complexity index is 769. The fraction of sp³-hybridized carbons (Fsp3) is 0.222. The van der Waals surface area contributed by atoms with Crippen molar-refractivity contribution in [3.63, 3.8) is 0 Å². The molecule has 0 amide bonds. The van der Waals surface area contributed by atoms with Crippen LogP contribution in [0, 0.1) is 0 Å². The molecule has 7 heteroatoms. The fourth-order valence-corrected chi connectivity index (χ4v) is 2.37. The summed E-state index contributed by atoms with van der Waals surface area (Å²) in [5, 5.41) is 10.8. The average Bonchev–Trinajstić information content (AvgIpc) is 3.31. The standard InChI is InChI=1S/C18H21N5O.HI/c1-2-19-18(21-14-16-8-5-12-24-16)20-13-15-7-3-4-9-17(15)23-11-6-10-22-23;/h3-12H,2,13-14H2,1H3,(H2,19,20,21);1H. The van der Waals surface area contributed by atoms with Gasteiger partial charge in [-0.3, -0.25) is 0 Å². The van der Waals surface area contributed by atoms with Crippen molar-refractivity contribution in [2.24, 2.45) is 4.99 Å². The molecule has 132 valence electrons. The summed E-state index contributed by atoms with van der Waals surface area (Å²) < 4.78 is 7.19. The van der Waals surface area contributed by atoms with Gasteiger partial charge >= 0.3 is 0 Å². The SMILES string of the molecule is CCNC(=NCc1ccccc1-n1cccn1)NCc1ccco1.I. The maximum Gasteiger partial charge on any atom is 0.191 e. The second-order valence-electron chi connectivity index (χ2n) is 5.21. The van der Waals surface area contributed by atoms with Crippen molar-refractivity contribution in [2.75, 3.05) is 6.54 Å². The van der Waals surface area contributed by atoms with Crippen molar-refractivity contribution in [2.45, 2.75) is 20.0 Å². The fourth-order valence-electron chi connectivity index (χ4n) is 2.37. The number of halogens is 1. The third-order valence-electron chi connectivity index (χ3n) is 3.50. The lowest BCUT2D eigenvalue weighted by atomic mass is 10.2. The second kappa shape index (κ2) is 9.87. The van der Waals surface area contributed by atoms with Crippen LogP contribution < -0.4 is 10.6 Å². The van der Waals surface area contributed by atoms with E-state index in [0.29, 0.717) is 13.1 Å². The van der Waals surface area contributed by atoms with E-state index in [4.69, 9.17) is 4.42 Å². The van der Waals surface area contributed by atoms with Gasteiger partial charge in [-0.15, -0.1) is 24.0 Å². The number of hydrogen-bond donors (Lipinski definition) is 2. The molecule has 0 atom stereocenters. The number of furan rings is 1. The zero-order valence-corrected chi connectivity index (χ0v) is 16.4. The highest BCUT2D eigenvalue weighted by atomic mass is 127. The zero-order valence-electron chi connectivity index (χ0n) is 14.1. The van der Waals surface area contributed by atoms with E-state index in [1.807, 2.05) is 54.2 Å². The minimum absolute atomic E-state index is 0. The molecule has 2 N–H and O–H groups in total. The van der Waals surface area contributed by atoms with E-state index in [-0.39, 0.29) is 24.0 Å². The summed E-state index contributed by atoms with van der Waals surface area (Å²) in [6.45, 7) is 4.00. The first-order valence-corrected chi connectivity index (χ1v) is 7.99. The number of aromatic nitrogens is 2. The zero-order chi connectivity index (χ0) is 16.6. The van der Waals surface area contributed by atoms with Gasteiger partial charge in [-0.2, -0.15) is 5.10 Å². The van der Waals surface area contributed by atoms with E-state index in [9.17, 15) is 0 Å². The number of para-hydroxylation sites is 1. The predicted molar refractivity (Wildman–Crippen MR) is 109 cm³/mol. The normalized spacial score (nSPS) is 11.0. The molecule has 2 aromatic heterocycles. The molecule has 0 aliphatic heterocycles. The van der Waals surface area contributed by atoms with Crippen LogP contribution in [0.2, 0.25) is 0 Å². The first kappa shape index (κ1) is 19.0. The molecule has 0 aliphatic carbocycles. The van der Waals surface area contributed by atoms with E-state index >= 15 is 0 Å². The Morgan fingerprint density at radius 2 is 2.04 bits per heavy atom. The minimum Gasteiger partial charge on any atom is -0.467 e. The van der Waals surface area contributed by atoms with Crippen molar-refractivity contribution < 1.29 is 4.42 Å². The van der Waals surface area contributed by atoms with Crippen LogP contribution in [0.4, 0.5) is 0 Å². The first-order chi connectivity index (χ1) is 11.9. The summed E-state index contributed by atoms with van der Waals surface area (Å²) >= 11 is 0. The molecule has 0 fully saturated rings. The lowest BCUT2D eigenvalue weighted by molar-refractivity contribution is 0.501. The lowest BCUT2D eigenvalue weighted by Crippen LogP contribution is -2.36. The highest BCUT2D eigenvalue weighted by Gasteiger charge is 2.05. The highest BCUT2D eigenvalue weighted by molar-refractivity contribution is 14.0. The smallest absolute Gasteiger partial charge is 0.191 e. The maximum absolute atomic E-state index is 5.34. The summed E-state index contributed by atoms with van der Waals surface area (Å²) in [5.74, 6) is 1.63. The van der Waals surface area contributed by atoms with E-state index < -0.39 is 0 Å². The van der Waals surface area contributed by atoms with Crippen LogP contribution in [0.1, 0.15) is 18.2 Å². The van der Waals surface area contributed by atoms with Crippen LogP contribution in [0.15, 0.2) is 70.5 Å². The van der Waals surface area contributed by atoms with Crippen LogP contribution in [-0.2, 0) is 13.1 Å². The Hall–Kier alpha value is -2.29. The number of rotatable bonds is 6. The van der Waals surface area contributed by atoms with Crippen LogP contribution >= 0.6 is 24.0 Å². The summed E-state index contributed by atoms with van der Waals surface area (Å²) in [7, 11) is 0. The van der Waals surface area contributed by atoms with Crippen molar-refractivity contribution in [1.29, 1.82) is 0 Å². The van der Waals surface area contributed by atoms with Gasteiger partial charge in [0.25, 0.3) is 0 Å². The molecular formula is C18H22IN5O. The molecule has 6 nitrogen and oxygen atoms in total. The molecular weight excluding hydrogens is 429 g/mol. The summed E-state index contributed by atoms with van der Waals surface area (Å²) in [6, 6.07) is 13.9. The molecule has 0 saturated carbocycles. The molecule has 0 unspecified atom stereocenters. The minimum atomic E-state index is 0. The van der Waals surface area contributed by atoms with Gasteiger partial charge in [-0.25, -0.2) is 9.67 Å². The monoisotopic (exact) mass is 451 g/mol. The van der Waals surface area contributed by atoms with Crippen molar-refractivity contribution in [3.8, 4) is 5.69 Å². The molecule has 3 rings (SSSR count). The van der Waals surface area contributed by atoms with E-state index in [0.717, 1.165) is 29.5 Å². The van der Waals surface area contributed by atoms with Crippen molar-refractivity contribution >= 4 is 29.9 Å². The van der Waals surface area contributed by atoms with Gasteiger partial charge in [0, 0.05) is 18.9 Å². The Kier molecular flexibility index (Phi) is 7.52. The predicted octanol–water partition coefficient (Wildman–Crippen LogP) is 3.34. The van der Waals surface area contributed by atoms with E-state index in [1.54, 1.807) is 12.5 Å². The van der Waals surface area contributed by atoms with Gasteiger partial charge in [0.05, 0.1) is 25.0 Å². The molecule has 3 aromatic rings. The van der Waals surface area contributed by atoms with E-state index in [1.165, 1.54) is 0 Å². The molecule has 0 spiro atoms. The average molecular weight is 451 g/mol. The largest absolute Gasteiger partial charge is 0.467 e. The van der Waals surface area contributed by atoms with Gasteiger partial charge in [-0.1, -0.05) is 18.2 Å². The molecule has 2 heterocycles. The maximum atomic E-state index is 5.34. The molecule has 25 heavy (non-hydrogen) atoms. The van der Waals surface area contributed by atoms with Gasteiger partial charge in [-0.05, 0) is 36.8 Å². The summed E-state index contributed by atoms with van der Waals surface area (Å²) in [4.78, 5) is 4.67. The number of benzene rings is 1. The molecule has 1 aromatic carbocycles. The van der Waals surface area contributed by atoms with Crippen LogP contribution in [0.5, 0.6) is 0 Å². The molecule has 0 aliphatic rings. The Morgan fingerprint density at radius 3 is 2.76 bits per heavy atom. The van der Waals surface area contributed by atoms with Crippen LogP contribution in [0.25, 0.3) is 5.69 Å². The number of hydrogen-bond acceptors (Lipinski definition) is 3. The highest BCUT2D eigenvalue weighted by Crippen LogP contribution is 2.14. The number of nitrogens with zero attached hydrogens (tertiary/aromatic N) is 3. The number of nitrogens with one attached hydrogen (secondary N) is 2. The first-order valence-electron chi connectivity index (χ1n) is 7.99. The summed E-state index contributed by atoms with van der Waals surface area (Å²) in [5.41, 5.74) is 2.14. The van der Waals surface area contributed by atoms with Crippen LogP contribution in [0.3, 0.4) is 0 Å². The van der Waals surface area contributed by atoms with Crippen LogP contribution in [-0.4, -0.2) is 22.3 Å². The Morgan fingerprint density at radius 1 is 1.16 bits per heavy atom. The van der Waals surface area contributed by atoms with Gasteiger partial charge < -0.3 is 15.1 Å². The number of aliphatic imine (C=N–C) groups is 1. The third-order valence-corrected chi connectivity index (χ3v) is 3.50. The molecule has 0 radical (unpaired) electrons.